The van der Waals surface area contributed by atoms with E-state index in [1.54, 1.807) is 19.2 Å². The summed E-state index contributed by atoms with van der Waals surface area (Å²) in [5, 5.41) is 8.92. The lowest BCUT2D eigenvalue weighted by Gasteiger charge is -2.24. The quantitative estimate of drug-likeness (QED) is 0.416. The Labute approximate surface area is 224 Å². The second kappa shape index (κ2) is 13.3. The zero-order chi connectivity index (χ0) is 26.9. The highest BCUT2D eigenvalue weighted by molar-refractivity contribution is 6.04. The highest BCUT2D eigenvalue weighted by Gasteiger charge is 2.22. The smallest absolute Gasteiger partial charge is 0.411 e. The number of amides is 2. The molecule has 0 unspecified atom stereocenters. The minimum absolute atomic E-state index is 0.00428. The van der Waals surface area contributed by atoms with Crippen LogP contribution in [0, 0.1) is 0 Å². The lowest BCUT2D eigenvalue weighted by molar-refractivity contribution is -0.132. The molecular formula is C29H38N4O5. The largest absolute Gasteiger partial charge is 0.493 e. The van der Waals surface area contributed by atoms with Crippen LogP contribution >= 0.6 is 0 Å². The first-order valence-corrected chi connectivity index (χ1v) is 13.4. The molecule has 2 amide bonds. The SMILES string of the molecule is COc1ccc(C2=NN(Cc3ccc(NC(=O)OCCCN4CCCC4)cc3)C(=O)CC2)cc1OC(C)C. The third-order valence-corrected chi connectivity index (χ3v) is 6.55. The molecule has 2 aliphatic heterocycles. The summed E-state index contributed by atoms with van der Waals surface area (Å²) >= 11 is 0. The normalized spacial score (nSPS) is 15.9. The first kappa shape index (κ1) is 27.4. The van der Waals surface area contributed by atoms with Gasteiger partial charge >= 0.3 is 6.09 Å². The van der Waals surface area contributed by atoms with Gasteiger partial charge in [0.05, 0.1) is 32.1 Å². The fraction of sp³-hybridized carbons (Fsp3) is 0.483. The van der Waals surface area contributed by atoms with Crippen LogP contribution in [0.25, 0.3) is 0 Å². The van der Waals surface area contributed by atoms with Gasteiger partial charge in [0.15, 0.2) is 11.5 Å². The molecule has 0 atom stereocenters. The minimum atomic E-state index is -0.458. The van der Waals surface area contributed by atoms with E-state index in [4.69, 9.17) is 14.2 Å². The Morgan fingerprint density at radius 3 is 2.53 bits per heavy atom. The Bertz CT molecular complexity index is 1130. The average Bonchev–Trinajstić information content (AvgIpc) is 3.42. The van der Waals surface area contributed by atoms with Crippen molar-refractivity contribution in [2.45, 2.75) is 58.6 Å². The van der Waals surface area contributed by atoms with Crippen molar-refractivity contribution < 1.29 is 23.8 Å². The second-order valence-corrected chi connectivity index (χ2v) is 9.89. The lowest BCUT2D eigenvalue weighted by Crippen LogP contribution is -2.31. The molecule has 0 saturated carbocycles. The van der Waals surface area contributed by atoms with Crippen LogP contribution in [0.3, 0.4) is 0 Å². The Morgan fingerprint density at radius 2 is 1.82 bits per heavy atom. The molecule has 0 spiro atoms. The van der Waals surface area contributed by atoms with E-state index >= 15 is 0 Å². The number of likely N-dealkylation sites (tertiary alicyclic amines) is 1. The number of hydrogen-bond donors (Lipinski definition) is 1. The van der Waals surface area contributed by atoms with Gasteiger partial charge in [-0.3, -0.25) is 10.1 Å². The van der Waals surface area contributed by atoms with Gasteiger partial charge in [-0.1, -0.05) is 12.1 Å². The highest BCUT2D eigenvalue weighted by Crippen LogP contribution is 2.30. The van der Waals surface area contributed by atoms with Crippen LogP contribution in [0.2, 0.25) is 0 Å². The van der Waals surface area contributed by atoms with E-state index in [1.165, 1.54) is 17.9 Å². The van der Waals surface area contributed by atoms with Crippen molar-refractivity contribution in [2.24, 2.45) is 5.10 Å². The summed E-state index contributed by atoms with van der Waals surface area (Å²) in [6.07, 6.45) is 3.84. The third-order valence-electron chi connectivity index (χ3n) is 6.55. The maximum absolute atomic E-state index is 12.6. The van der Waals surface area contributed by atoms with Gasteiger partial charge in [0.2, 0.25) is 5.91 Å². The molecule has 1 fully saturated rings. The van der Waals surface area contributed by atoms with Gasteiger partial charge in [0.25, 0.3) is 0 Å². The van der Waals surface area contributed by atoms with E-state index in [0.29, 0.717) is 43.2 Å². The van der Waals surface area contributed by atoms with E-state index in [9.17, 15) is 9.59 Å². The number of carbonyl (C=O) groups is 2. The zero-order valence-corrected chi connectivity index (χ0v) is 22.6. The molecule has 1 N–H and O–H groups in total. The molecule has 9 heteroatoms. The Balaban J connectivity index is 1.32. The van der Waals surface area contributed by atoms with Crippen molar-refractivity contribution in [1.29, 1.82) is 0 Å². The zero-order valence-electron chi connectivity index (χ0n) is 22.6. The summed E-state index contributed by atoms with van der Waals surface area (Å²) in [6, 6.07) is 13.1. The lowest BCUT2D eigenvalue weighted by atomic mass is 10.0. The topological polar surface area (TPSA) is 92.7 Å². The molecule has 0 aromatic heterocycles. The average molecular weight is 523 g/mol. The van der Waals surface area contributed by atoms with Gasteiger partial charge in [0.1, 0.15) is 0 Å². The number of hydrazone groups is 1. The summed E-state index contributed by atoms with van der Waals surface area (Å²) in [6.45, 7) is 7.92. The number of ether oxygens (including phenoxy) is 3. The Kier molecular flexibility index (Phi) is 9.59. The van der Waals surface area contributed by atoms with Gasteiger partial charge in [-0.2, -0.15) is 5.10 Å². The highest BCUT2D eigenvalue weighted by atomic mass is 16.5. The van der Waals surface area contributed by atoms with Crippen molar-refractivity contribution in [1.82, 2.24) is 9.91 Å². The van der Waals surface area contributed by atoms with Crippen molar-refractivity contribution >= 4 is 23.4 Å². The Morgan fingerprint density at radius 1 is 1.05 bits per heavy atom. The van der Waals surface area contributed by atoms with Gasteiger partial charge in [-0.25, -0.2) is 9.80 Å². The van der Waals surface area contributed by atoms with Crippen LogP contribution < -0.4 is 14.8 Å². The Hall–Kier alpha value is -3.59. The van der Waals surface area contributed by atoms with E-state index in [2.05, 4.69) is 15.3 Å². The van der Waals surface area contributed by atoms with Crippen molar-refractivity contribution in [3.05, 3.63) is 53.6 Å². The molecule has 4 rings (SSSR count). The summed E-state index contributed by atoms with van der Waals surface area (Å²) in [7, 11) is 1.61. The van der Waals surface area contributed by atoms with Crippen LogP contribution in [0.1, 0.15) is 57.1 Å². The molecule has 2 aromatic rings. The van der Waals surface area contributed by atoms with Gasteiger partial charge in [-0.05, 0) is 82.1 Å². The number of rotatable bonds is 11. The molecule has 38 heavy (non-hydrogen) atoms. The first-order valence-electron chi connectivity index (χ1n) is 13.4. The second-order valence-electron chi connectivity index (χ2n) is 9.89. The van der Waals surface area contributed by atoms with Gasteiger partial charge in [-0.15, -0.1) is 0 Å². The van der Waals surface area contributed by atoms with E-state index in [0.717, 1.165) is 42.9 Å². The number of carbonyl (C=O) groups excluding carboxylic acids is 2. The van der Waals surface area contributed by atoms with E-state index in [1.807, 2.05) is 44.2 Å². The van der Waals surface area contributed by atoms with Crippen molar-refractivity contribution in [3.63, 3.8) is 0 Å². The summed E-state index contributed by atoms with van der Waals surface area (Å²) in [4.78, 5) is 27.1. The maximum Gasteiger partial charge on any atom is 0.411 e. The van der Waals surface area contributed by atoms with E-state index < -0.39 is 6.09 Å². The maximum atomic E-state index is 12.6. The molecule has 2 heterocycles. The first-order chi connectivity index (χ1) is 18.4. The molecule has 204 valence electrons. The van der Waals surface area contributed by atoms with Crippen LogP contribution in [-0.4, -0.2) is 67.1 Å². The number of hydrogen-bond acceptors (Lipinski definition) is 7. The summed E-state index contributed by atoms with van der Waals surface area (Å²) in [5.74, 6) is 1.28. The molecule has 0 bridgehead atoms. The molecule has 0 aliphatic carbocycles. The molecule has 0 radical (unpaired) electrons. The fourth-order valence-electron chi connectivity index (χ4n) is 4.61. The third kappa shape index (κ3) is 7.71. The number of nitrogens with zero attached hydrogens (tertiary/aromatic N) is 3. The van der Waals surface area contributed by atoms with Crippen LogP contribution in [0.4, 0.5) is 10.5 Å². The summed E-state index contributed by atoms with van der Waals surface area (Å²) < 4.78 is 16.6. The molecule has 9 nitrogen and oxygen atoms in total. The number of nitrogens with one attached hydrogen (secondary N) is 1. The van der Waals surface area contributed by atoms with Crippen LogP contribution in [0.15, 0.2) is 47.6 Å². The fourth-order valence-corrected chi connectivity index (χ4v) is 4.61. The number of methoxy groups -OCH3 is 1. The molecule has 2 aromatic carbocycles. The molecule has 2 aliphatic rings. The molecular weight excluding hydrogens is 484 g/mol. The predicted octanol–water partition coefficient (Wildman–Crippen LogP) is 5.04. The predicted molar refractivity (Wildman–Crippen MR) is 147 cm³/mol. The van der Waals surface area contributed by atoms with Crippen LogP contribution in [-0.2, 0) is 16.1 Å². The van der Waals surface area contributed by atoms with Crippen molar-refractivity contribution in [3.8, 4) is 11.5 Å². The van der Waals surface area contributed by atoms with Gasteiger partial charge in [0, 0.05) is 30.6 Å². The number of anilines is 1. The van der Waals surface area contributed by atoms with E-state index in [-0.39, 0.29) is 12.0 Å². The van der Waals surface area contributed by atoms with Gasteiger partial charge < -0.3 is 19.1 Å². The number of benzene rings is 2. The van der Waals surface area contributed by atoms with Crippen molar-refractivity contribution in [2.75, 3.05) is 38.7 Å². The minimum Gasteiger partial charge on any atom is -0.493 e. The van der Waals surface area contributed by atoms with Crippen LogP contribution in [0.5, 0.6) is 11.5 Å². The monoisotopic (exact) mass is 522 g/mol. The standard InChI is InChI=1S/C29H38N4O5/c1-21(2)38-27-19-23(9-13-26(27)36-3)25-12-14-28(34)33(31-25)20-22-7-10-24(11-8-22)30-29(35)37-18-6-17-32-15-4-5-16-32/h7-11,13,19,21H,4-6,12,14-18,20H2,1-3H3,(H,30,35). The summed E-state index contributed by atoms with van der Waals surface area (Å²) in [5.41, 5.74) is 3.28. The molecule has 1 saturated heterocycles.